The van der Waals surface area contributed by atoms with Gasteiger partial charge in [0.05, 0.1) is 6.54 Å². The lowest BCUT2D eigenvalue weighted by atomic mass is 9.98. The van der Waals surface area contributed by atoms with Crippen molar-refractivity contribution < 1.29 is 9.59 Å². The van der Waals surface area contributed by atoms with Crippen molar-refractivity contribution in [2.75, 3.05) is 25.0 Å². The highest BCUT2D eigenvalue weighted by Crippen LogP contribution is 2.19. The van der Waals surface area contributed by atoms with E-state index in [0.717, 1.165) is 25.9 Å². The number of hydrogen-bond acceptors (Lipinski definition) is 3. The van der Waals surface area contributed by atoms with Crippen molar-refractivity contribution in [2.24, 2.45) is 5.92 Å². The third kappa shape index (κ3) is 5.64. The van der Waals surface area contributed by atoms with Crippen LogP contribution in [0.4, 0.5) is 5.69 Å². The first-order valence-electron chi connectivity index (χ1n) is 8.69. The molecule has 1 aromatic carbocycles. The second-order valence-electron chi connectivity index (χ2n) is 7.70. The Morgan fingerprint density at radius 2 is 1.71 bits per heavy atom. The molecule has 0 spiro atoms. The molecule has 0 radical (unpaired) electrons. The summed E-state index contributed by atoms with van der Waals surface area (Å²) in [5.41, 5.74) is 1.29. The number of rotatable bonds is 4. The van der Waals surface area contributed by atoms with Gasteiger partial charge >= 0.3 is 0 Å². The minimum Gasteiger partial charge on any atom is -0.339 e. The molecule has 1 aromatic rings. The van der Waals surface area contributed by atoms with Crippen LogP contribution < -0.4 is 10.6 Å². The van der Waals surface area contributed by atoms with E-state index in [4.69, 9.17) is 0 Å². The molecular formula is C19H29N3O2. The second-order valence-corrected chi connectivity index (χ2v) is 7.70. The van der Waals surface area contributed by atoms with Crippen LogP contribution in [0.15, 0.2) is 24.3 Å². The minimum absolute atomic E-state index is 0.0779. The predicted molar refractivity (Wildman–Crippen MR) is 97.1 cm³/mol. The first-order valence-corrected chi connectivity index (χ1v) is 8.69. The van der Waals surface area contributed by atoms with Crippen molar-refractivity contribution in [1.82, 2.24) is 10.2 Å². The molecule has 5 heteroatoms. The fraction of sp³-hybridized carbons (Fsp3) is 0.579. The summed E-state index contributed by atoms with van der Waals surface area (Å²) in [6.07, 6.45) is 2.14. The first kappa shape index (κ1) is 18.5. The normalized spacial score (nSPS) is 16.1. The first-order chi connectivity index (χ1) is 11.2. The van der Waals surface area contributed by atoms with E-state index in [1.165, 1.54) is 0 Å². The van der Waals surface area contributed by atoms with Gasteiger partial charge in [-0.05, 0) is 63.8 Å². The zero-order valence-electron chi connectivity index (χ0n) is 15.2. The Hall–Kier alpha value is -1.88. The summed E-state index contributed by atoms with van der Waals surface area (Å²) in [6.45, 7) is 10.2. The summed E-state index contributed by atoms with van der Waals surface area (Å²) < 4.78 is 0. The Morgan fingerprint density at radius 3 is 2.25 bits per heavy atom. The minimum atomic E-state index is -0.0977. The zero-order chi connectivity index (χ0) is 17.7. The average molecular weight is 331 g/mol. The molecule has 2 amide bonds. The van der Waals surface area contributed by atoms with E-state index in [-0.39, 0.29) is 23.9 Å². The Bertz CT molecular complexity index is 567. The van der Waals surface area contributed by atoms with Gasteiger partial charge in [0.15, 0.2) is 0 Å². The lowest BCUT2D eigenvalue weighted by molar-refractivity contribution is -0.115. The molecule has 0 unspecified atom stereocenters. The number of likely N-dealkylation sites (tertiary alicyclic amines) is 1. The highest BCUT2D eigenvalue weighted by atomic mass is 16.2. The zero-order valence-corrected chi connectivity index (χ0v) is 15.2. The van der Waals surface area contributed by atoms with E-state index in [0.29, 0.717) is 17.2 Å². The van der Waals surface area contributed by atoms with Crippen molar-refractivity contribution in [3.63, 3.8) is 0 Å². The third-order valence-corrected chi connectivity index (χ3v) is 4.27. The smallest absolute Gasteiger partial charge is 0.253 e. The van der Waals surface area contributed by atoms with Gasteiger partial charge in [0.2, 0.25) is 5.91 Å². The van der Waals surface area contributed by atoms with Crippen LogP contribution >= 0.6 is 0 Å². The standard InChI is InChI=1S/C19H29N3O2/c1-14-9-11-22(12-10-14)18(24)15-5-7-16(8-6-15)21-17(23)13-20-19(2,3)4/h5-8,14,20H,9-13H2,1-4H3,(H,21,23). The Balaban J connectivity index is 1.88. The molecule has 1 saturated heterocycles. The maximum absolute atomic E-state index is 12.5. The lowest BCUT2D eigenvalue weighted by Crippen LogP contribution is -2.41. The molecule has 2 rings (SSSR count). The molecule has 0 atom stereocenters. The van der Waals surface area contributed by atoms with Crippen molar-refractivity contribution >= 4 is 17.5 Å². The van der Waals surface area contributed by atoms with Crippen molar-refractivity contribution in [1.29, 1.82) is 0 Å². The molecule has 1 aliphatic heterocycles. The Morgan fingerprint density at radius 1 is 1.12 bits per heavy atom. The van der Waals surface area contributed by atoms with E-state index in [1.54, 1.807) is 24.3 Å². The van der Waals surface area contributed by atoms with Crippen molar-refractivity contribution in [2.45, 2.75) is 46.1 Å². The number of nitrogens with one attached hydrogen (secondary N) is 2. The van der Waals surface area contributed by atoms with E-state index >= 15 is 0 Å². The fourth-order valence-electron chi connectivity index (χ4n) is 2.64. The monoisotopic (exact) mass is 331 g/mol. The number of amides is 2. The number of carbonyl (C=O) groups excluding carboxylic acids is 2. The molecule has 0 aromatic heterocycles. The number of piperidine rings is 1. The largest absolute Gasteiger partial charge is 0.339 e. The van der Waals surface area contributed by atoms with Gasteiger partial charge in [0.25, 0.3) is 5.91 Å². The van der Waals surface area contributed by atoms with Crippen LogP contribution in [0, 0.1) is 5.92 Å². The number of benzene rings is 1. The van der Waals surface area contributed by atoms with Gasteiger partial charge in [-0.25, -0.2) is 0 Å². The van der Waals surface area contributed by atoms with E-state index in [1.807, 2.05) is 25.7 Å². The van der Waals surface area contributed by atoms with Gasteiger partial charge in [-0.3, -0.25) is 9.59 Å². The van der Waals surface area contributed by atoms with Gasteiger partial charge in [-0.15, -0.1) is 0 Å². The van der Waals surface area contributed by atoms with Crippen LogP contribution in [-0.2, 0) is 4.79 Å². The van der Waals surface area contributed by atoms with Crippen LogP contribution in [0.1, 0.15) is 50.9 Å². The van der Waals surface area contributed by atoms with Crippen LogP contribution in [0.25, 0.3) is 0 Å². The van der Waals surface area contributed by atoms with E-state index in [2.05, 4.69) is 17.6 Å². The molecule has 0 aliphatic carbocycles. The summed E-state index contributed by atoms with van der Waals surface area (Å²) in [4.78, 5) is 26.3. The average Bonchev–Trinajstić information content (AvgIpc) is 2.53. The number of carbonyl (C=O) groups is 2. The van der Waals surface area contributed by atoms with Gasteiger partial charge in [0, 0.05) is 29.9 Å². The van der Waals surface area contributed by atoms with Crippen LogP contribution in [0.2, 0.25) is 0 Å². The molecule has 5 nitrogen and oxygen atoms in total. The molecule has 1 fully saturated rings. The fourth-order valence-corrected chi connectivity index (χ4v) is 2.64. The second kappa shape index (κ2) is 7.79. The quantitative estimate of drug-likeness (QED) is 0.892. The Kier molecular flexibility index (Phi) is 5.99. The number of anilines is 1. The predicted octanol–water partition coefficient (Wildman–Crippen LogP) is 2.89. The van der Waals surface area contributed by atoms with Crippen LogP contribution in [0.3, 0.4) is 0 Å². The summed E-state index contributed by atoms with van der Waals surface area (Å²) in [6, 6.07) is 7.14. The topological polar surface area (TPSA) is 61.4 Å². The lowest BCUT2D eigenvalue weighted by Gasteiger charge is -2.30. The van der Waals surface area contributed by atoms with Gasteiger partial charge in [-0.2, -0.15) is 0 Å². The summed E-state index contributed by atoms with van der Waals surface area (Å²) >= 11 is 0. The molecule has 24 heavy (non-hydrogen) atoms. The molecule has 132 valence electrons. The van der Waals surface area contributed by atoms with E-state index < -0.39 is 0 Å². The third-order valence-electron chi connectivity index (χ3n) is 4.27. The van der Waals surface area contributed by atoms with E-state index in [9.17, 15) is 9.59 Å². The molecule has 1 heterocycles. The SMILES string of the molecule is CC1CCN(C(=O)c2ccc(NC(=O)CNC(C)(C)C)cc2)CC1. The molecule has 1 aliphatic rings. The number of nitrogens with zero attached hydrogens (tertiary/aromatic N) is 1. The summed E-state index contributed by atoms with van der Waals surface area (Å²) in [5.74, 6) is 0.691. The maximum Gasteiger partial charge on any atom is 0.253 e. The molecule has 0 bridgehead atoms. The summed E-state index contributed by atoms with van der Waals surface area (Å²) in [7, 11) is 0. The van der Waals surface area contributed by atoms with Gasteiger partial charge in [0.1, 0.15) is 0 Å². The van der Waals surface area contributed by atoms with Crippen LogP contribution in [0.5, 0.6) is 0 Å². The summed E-state index contributed by atoms with van der Waals surface area (Å²) in [5, 5.41) is 5.98. The Labute approximate surface area is 144 Å². The van der Waals surface area contributed by atoms with Gasteiger partial charge < -0.3 is 15.5 Å². The van der Waals surface area contributed by atoms with Gasteiger partial charge in [-0.1, -0.05) is 6.92 Å². The van der Waals surface area contributed by atoms with Crippen molar-refractivity contribution in [3.8, 4) is 0 Å². The highest BCUT2D eigenvalue weighted by Gasteiger charge is 2.21. The highest BCUT2D eigenvalue weighted by molar-refractivity contribution is 5.96. The van der Waals surface area contributed by atoms with Crippen molar-refractivity contribution in [3.05, 3.63) is 29.8 Å². The van der Waals surface area contributed by atoms with Crippen LogP contribution in [-0.4, -0.2) is 41.9 Å². The molecule has 0 saturated carbocycles. The maximum atomic E-state index is 12.5. The number of hydrogen-bond donors (Lipinski definition) is 2. The molecular weight excluding hydrogens is 302 g/mol. The molecule has 2 N–H and O–H groups in total.